The Hall–Kier alpha value is -1.92. The van der Waals surface area contributed by atoms with Crippen molar-refractivity contribution in [1.82, 2.24) is 0 Å². The second-order valence-electron chi connectivity index (χ2n) is 5.15. The first-order valence-corrected chi connectivity index (χ1v) is 8.96. The number of rotatable bonds is 5. The first kappa shape index (κ1) is 17.4. The zero-order chi connectivity index (χ0) is 17.0. The van der Waals surface area contributed by atoms with Crippen molar-refractivity contribution in [2.45, 2.75) is 12.7 Å². The summed E-state index contributed by atoms with van der Waals surface area (Å²) in [5, 5.41) is 2.53. The number of benzene rings is 2. The number of hydrogen-bond donors (Lipinski definition) is 1. The van der Waals surface area contributed by atoms with Gasteiger partial charge in [-0.15, -0.1) is 0 Å². The lowest BCUT2D eigenvalue weighted by Gasteiger charge is -2.09. The molecule has 0 heterocycles. The second-order valence-corrected chi connectivity index (χ2v) is 7.62. The fourth-order valence-electron chi connectivity index (χ4n) is 2.06. The third-order valence-electron chi connectivity index (χ3n) is 3.08. The number of carbonyl (C=O) groups is 1. The Morgan fingerprint density at radius 1 is 1.22 bits per heavy atom. The molecule has 0 fully saturated rings. The Morgan fingerprint density at radius 2 is 1.91 bits per heavy atom. The average Bonchev–Trinajstić information content (AvgIpc) is 2.42. The Balaban J connectivity index is 2.07. The minimum Gasteiger partial charge on any atom is -0.325 e. The lowest BCUT2D eigenvalue weighted by molar-refractivity contribution is -0.113. The van der Waals surface area contributed by atoms with E-state index in [1.165, 1.54) is 12.1 Å². The summed E-state index contributed by atoms with van der Waals surface area (Å²) in [4.78, 5) is 11.9. The first-order valence-electron chi connectivity index (χ1n) is 6.77. The van der Waals surface area contributed by atoms with Crippen LogP contribution >= 0.6 is 11.6 Å². The van der Waals surface area contributed by atoms with E-state index < -0.39 is 33.1 Å². The normalized spacial score (nSPS) is 11.3. The van der Waals surface area contributed by atoms with Gasteiger partial charge in [-0.3, -0.25) is 4.79 Å². The van der Waals surface area contributed by atoms with Crippen molar-refractivity contribution in [3.8, 4) is 0 Å². The molecular weight excluding hydrogens is 341 g/mol. The highest BCUT2D eigenvalue weighted by Gasteiger charge is 2.21. The van der Waals surface area contributed by atoms with Crippen LogP contribution < -0.4 is 5.32 Å². The van der Waals surface area contributed by atoms with Crippen LogP contribution in [0, 0.1) is 12.7 Å². The summed E-state index contributed by atoms with van der Waals surface area (Å²) in [6.45, 7) is 1.85. The molecule has 0 aliphatic carbocycles. The molecule has 0 aliphatic rings. The number of hydrogen-bond acceptors (Lipinski definition) is 3. The number of nitrogens with one attached hydrogen (secondary N) is 1. The van der Waals surface area contributed by atoms with Gasteiger partial charge in [0.2, 0.25) is 5.91 Å². The molecule has 1 amide bonds. The van der Waals surface area contributed by atoms with E-state index in [1.807, 2.05) is 13.0 Å². The molecule has 2 rings (SSSR count). The van der Waals surface area contributed by atoms with Crippen LogP contribution in [0.4, 0.5) is 10.1 Å². The molecule has 0 atom stereocenters. The van der Waals surface area contributed by atoms with Gasteiger partial charge in [-0.05, 0) is 36.8 Å². The molecule has 4 nitrogen and oxygen atoms in total. The van der Waals surface area contributed by atoms with E-state index in [0.717, 1.165) is 11.6 Å². The van der Waals surface area contributed by atoms with Gasteiger partial charge in [0.25, 0.3) is 0 Å². The number of carbonyl (C=O) groups excluding carboxylic acids is 1. The van der Waals surface area contributed by atoms with E-state index in [4.69, 9.17) is 11.6 Å². The maximum Gasteiger partial charge on any atom is 0.239 e. The van der Waals surface area contributed by atoms with E-state index >= 15 is 0 Å². The highest BCUT2D eigenvalue weighted by atomic mass is 35.5. The molecule has 0 unspecified atom stereocenters. The quantitative estimate of drug-likeness (QED) is 0.894. The minimum absolute atomic E-state index is 0.0210. The summed E-state index contributed by atoms with van der Waals surface area (Å²) in [5.74, 6) is -2.76. The smallest absolute Gasteiger partial charge is 0.239 e. The highest BCUT2D eigenvalue weighted by molar-refractivity contribution is 7.91. The van der Waals surface area contributed by atoms with Crippen LogP contribution in [0.25, 0.3) is 0 Å². The molecule has 0 saturated carbocycles. The van der Waals surface area contributed by atoms with Crippen molar-refractivity contribution >= 4 is 33.0 Å². The SMILES string of the molecule is Cc1cccc(NC(=O)CS(=O)(=O)Cc2c(F)cccc2Cl)c1. The van der Waals surface area contributed by atoms with Gasteiger partial charge in [0.15, 0.2) is 9.84 Å². The molecule has 0 bridgehead atoms. The van der Waals surface area contributed by atoms with E-state index in [9.17, 15) is 17.6 Å². The van der Waals surface area contributed by atoms with Crippen LogP contribution in [0.2, 0.25) is 5.02 Å². The Morgan fingerprint density at radius 3 is 2.57 bits per heavy atom. The largest absolute Gasteiger partial charge is 0.325 e. The Labute approximate surface area is 139 Å². The predicted molar refractivity (Wildman–Crippen MR) is 88.7 cm³/mol. The summed E-state index contributed by atoms with van der Waals surface area (Å²) in [6, 6.07) is 10.9. The number of amides is 1. The van der Waals surface area contributed by atoms with Gasteiger partial charge >= 0.3 is 0 Å². The molecule has 23 heavy (non-hydrogen) atoms. The van der Waals surface area contributed by atoms with Gasteiger partial charge < -0.3 is 5.32 Å². The standard InChI is InChI=1S/C16H15ClFNO3S/c1-11-4-2-5-12(8-11)19-16(20)10-23(21,22)9-13-14(17)6-3-7-15(13)18/h2-8H,9-10H2,1H3,(H,19,20). The summed E-state index contributed by atoms with van der Waals surface area (Å²) >= 11 is 5.81. The fraction of sp³-hybridized carbons (Fsp3) is 0.188. The van der Waals surface area contributed by atoms with Crippen LogP contribution in [0.3, 0.4) is 0 Å². The third kappa shape index (κ3) is 5.04. The van der Waals surface area contributed by atoms with Crippen molar-refractivity contribution in [2.75, 3.05) is 11.1 Å². The molecule has 0 saturated heterocycles. The van der Waals surface area contributed by atoms with Crippen molar-refractivity contribution in [2.24, 2.45) is 0 Å². The van der Waals surface area contributed by atoms with Gasteiger partial charge in [-0.25, -0.2) is 12.8 Å². The lowest BCUT2D eigenvalue weighted by Crippen LogP contribution is -2.24. The number of anilines is 1. The summed E-state index contributed by atoms with van der Waals surface area (Å²) in [7, 11) is -3.85. The molecule has 0 spiro atoms. The summed E-state index contributed by atoms with van der Waals surface area (Å²) in [6.07, 6.45) is 0. The molecule has 0 aromatic heterocycles. The van der Waals surface area contributed by atoms with Crippen LogP contribution in [0.1, 0.15) is 11.1 Å². The number of sulfone groups is 1. The van der Waals surface area contributed by atoms with Crippen molar-refractivity contribution in [1.29, 1.82) is 0 Å². The molecule has 7 heteroatoms. The molecule has 0 aliphatic heterocycles. The van der Waals surface area contributed by atoms with Crippen molar-refractivity contribution in [3.63, 3.8) is 0 Å². The van der Waals surface area contributed by atoms with Crippen LogP contribution in [0.15, 0.2) is 42.5 Å². The zero-order valence-electron chi connectivity index (χ0n) is 12.3. The predicted octanol–water partition coefficient (Wildman–Crippen LogP) is 3.34. The van der Waals surface area contributed by atoms with E-state index in [2.05, 4.69) is 5.32 Å². The molecule has 0 radical (unpaired) electrons. The molecule has 2 aromatic carbocycles. The monoisotopic (exact) mass is 355 g/mol. The summed E-state index contributed by atoms with van der Waals surface area (Å²) < 4.78 is 37.8. The van der Waals surface area contributed by atoms with Crippen molar-refractivity contribution in [3.05, 3.63) is 64.4 Å². The third-order valence-corrected chi connectivity index (χ3v) is 4.86. The average molecular weight is 356 g/mol. The molecular formula is C16H15ClFNO3S. The van der Waals surface area contributed by atoms with Gasteiger partial charge in [0, 0.05) is 16.3 Å². The number of halogens is 2. The maximum absolute atomic E-state index is 13.7. The van der Waals surface area contributed by atoms with Gasteiger partial charge in [0.05, 0.1) is 5.75 Å². The van der Waals surface area contributed by atoms with E-state index in [1.54, 1.807) is 18.2 Å². The number of aryl methyl sites for hydroxylation is 1. The maximum atomic E-state index is 13.7. The Bertz CT molecular complexity index is 817. The van der Waals surface area contributed by atoms with Gasteiger partial charge in [-0.1, -0.05) is 29.8 Å². The Kier molecular flexibility index (Phi) is 5.38. The van der Waals surface area contributed by atoms with E-state index in [-0.39, 0.29) is 10.6 Å². The van der Waals surface area contributed by atoms with Crippen molar-refractivity contribution < 1.29 is 17.6 Å². The lowest BCUT2D eigenvalue weighted by atomic mass is 10.2. The second kappa shape index (κ2) is 7.10. The summed E-state index contributed by atoms with van der Waals surface area (Å²) in [5.41, 5.74) is 1.32. The van der Waals surface area contributed by atoms with Gasteiger partial charge in [-0.2, -0.15) is 0 Å². The highest BCUT2D eigenvalue weighted by Crippen LogP contribution is 2.21. The zero-order valence-corrected chi connectivity index (χ0v) is 13.9. The molecule has 2 aromatic rings. The topological polar surface area (TPSA) is 63.2 Å². The molecule has 1 N–H and O–H groups in total. The van der Waals surface area contributed by atoms with Crippen LogP contribution in [0.5, 0.6) is 0 Å². The molecule has 122 valence electrons. The van der Waals surface area contributed by atoms with Crippen LogP contribution in [-0.4, -0.2) is 20.1 Å². The minimum atomic E-state index is -3.85. The van der Waals surface area contributed by atoms with Crippen LogP contribution in [-0.2, 0) is 20.4 Å². The fourth-order valence-corrected chi connectivity index (χ4v) is 3.68. The first-order chi connectivity index (χ1) is 10.8. The van der Waals surface area contributed by atoms with Gasteiger partial charge in [0.1, 0.15) is 11.6 Å². The van der Waals surface area contributed by atoms with E-state index in [0.29, 0.717) is 5.69 Å².